The molecule has 1 aromatic heterocycles. The van der Waals surface area contributed by atoms with Crippen LogP contribution in [0.5, 0.6) is 0 Å². The van der Waals surface area contributed by atoms with Gasteiger partial charge in [-0.2, -0.15) is 0 Å². The zero-order chi connectivity index (χ0) is 14.9. The first-order chi connectivity index (χ1) is 10.3. The highest BCUT2D eigenvalue weighted by molar-refractivity contribution is 5.77. The molecular weight excluding hydrogens is 260 g/mol. The minimum Gasteiger partial charge on any atom is -0.355 e. The van der Waals surface area contributed by atoms with E-state index in [1.807, 2.05) is 18.2 Å². The molecule has 0 unspecified atom stereocenters. The zero-order valence-electron chi connectivity index (χ0n) is 13.4. The average molecular weight is 288 g/mol. The van der Waals surface area contributed by atoms with Crippen LogP contribution < -0.4 is 5.32 Å². The Labute approximate surface area is 128 Å². The van der Waals surface area contributed by atoms with Crippen LogP contribution in [0.15, 0.2) is 24.3 Å². The van der Waals surface area contributed by atoms with Gasteiger partial charge in [0.1, 0.15) is 0 Å². The summed E-state index contributed by atoms with van der Waals surface area (Å²) in [5.41, 5.74) is 2.11. The maximum atomic E-state index is 4.55. The highest BCUT2D eigenvalue weighted by Crippen LogP contribution is 2.12. The first-order valence-electron chi connectivity index (χ1n) is 8.24. The van der Waals surface area contributed by atoms with Crippen molar-refractivity contribution in [3.05, 3.63) is 24.3 Å². The molecule has 21 heavy (non-hydrogen) atoms. The number of aromatic amines is 1. The zero-order valence-corrected chi connectivity index (χ0v) is 13.4. The molecule has 0 saturated carbocycles. The number of para-hydroxylation sites is 2. The lowest BCUT2D eigenvalue weighted by atomic mass is 10.2. The second-order valence-corrected chi connectivity index (χ2v) is 5.58. The van der Waals surface area contributed by atoms with Crippen LogP contribution in [0.2, 0.25) is 0 Å². The summed E-state index contributed by atoms with van der Waals surface area (Å²) in [6.45, 7) is 8.94. The molecule has 4 nitrogen and oxygen atoms in total. The smallest absolute Gasteiger partial charge is 0.201 e. The molecule has 0 spiro atoms. The lowest BCUT2D eigenvalue weighted by Crippen LogP contribution is -2.31. The van der Waals surface area contributed by atoms with Crippen LogP contribution in [-0.2, 0) is 0 Å². The van der Waals surface area contributed by atoms with Crippen molar-refractivity contribution in [1.82, 2.24) is 14.9 Å². The normalized spacial score (nSPS) is 11.4. The molecule has 0 bridgehead atoms. The first-order valence-corrected chi connectivity index (χ1v) is 8.24. The SMILES string of the molecule is CCCCN(CCCC)CCNc1nc2ccccc2[nH]1. The van der Waals surface area contributed by atoms with Gasteiger partial charge in [0, 0.05) is 13.1 Å². The second kappa shape index (κ2) is 8.67. The summed E-state index contributed by atoms with van der Waals surface area (Å²) in [4.78, 5) is 10.4. The van der Waals surface area contributed by atoms with E-state index in [0.29, 0.717) is 0 Å². The highest BCUT2D eigenvalue weighted by Gasteiger charge is 2.05. The molecule has 0 aliphatic carbocycles. The van der Waals surface area contributed by atoms with Gasteiger partial charge in [-0.1, -0.05) is 38.8 Å². The third-order valence-electron chi connectivity index (χ3n) is 3.77. The Morgan fingerprint density at radius 2 is 1.76 bits per heavy atom. The molecule has 0 amide bonds. The van der Waals surface area contributed by atoms with Crippen molar-refractivity contribution in [2.75, 3.05) is 31.5 Å². The van der Waals surface area contributed by atoms with Crippen LogP contribution in [0.1, 0.15) is 39.5 Å². The average Bonchev–Trinajstić information content (AvgIpc) is 2.92. The molecule has 0 radical (unpaired) electrons. The fraction of sp³-hybridized carbons (Fsp3) is 0.588. The highest BCUT2D eigenvalue weighted by atomic mass is 15.2. The molecular formula is C17H28N4. The number of hydrogen-bond donors (Lipinski definition) is 2. The Bertz CT molecular complexity index is 479. The molecule has 2 rings (SSSR count). The van der Waals surface area contributed by atoms with E-state index < -0.39 is 0 Å². The molecule has 0 atom stereocenters. The van der Waals surface area contributed by atoms with Crippen LogP contribution in [-0.4, -0.2) is 41.0 Å². The van der Waals surface area contributed by atoms with Crippen LogP contribution in [0.4, 0.5) is 5.95 Å². The number of hydrogen-bond acceptors (Lipinski definition) is 3. The first kappa shape index (κ1) is 15.8. The van der Waals surface area contributed by atoms with E-state index in [4.69, 9.17) is 0 Å². The Hall–Kier alpha value is -1.55. The third-order valence-corrected chi connectivity index (χ3v) is 3.77. The Balaban J connectivity index is 1.80. The summed E-state index contributed by atoms with van der Waals surface area (Å²) in [5.74, 6) is 0.877. The minimum absolute atomic E-state index is 0.877. The van der Waals surface area contributed by atoms with Gasteiger partial charge in [-0.05, 0) is 38.1 Å². The molecule has 0 saturated heterocycles. The van der Waals surface area contributed by atoms with Crippen molar-refractivity contribution in [2.24, 2.45) is 0 Å². The number of nitrogens with zero attached hydrogens (tertiary/aromatic N) is 2. The monoisotopic (exact) mass is 288 g/mol. The van der Waals surface area contributed by atoms with E-state index in [0.717, 1.165) is 30.1 Å². The summed E-state index contributed by atoms with van der Waals surface area (Å²) >= 11 is 0. The quantitative estimate of drug-likeness (QED) is 0.697. The summed E-state index contributed by atoms with van der Waals surface area (Å²) in [5, 5.41) is 3.41. The standard InChI is InChI=1S/C17H28N4/c1-3-5-12-21(13-6-4-2)14-11-18-17-19-15-9-7-8-10-16(15)20-17/h7-10H,3-6,11-14H2,1-2H3,(H2,18,19,20). The van der Waals surface area contributed by atoms with Crippen molar-refractivity contribution >= 4 is 17.0 Å². The predicted octanol–water partition coefficient (Wildman–Crippen LogP) is 3.88. The molecule has 0 fully saturated rings. The van der Waals surface area contributed by atoms with E-state index in [1.54, 1.807) is 0 Å². The number of aromatic nitrogens is 2. The van der Waals surface area contributed by atoms with Crippen molar-refractivity contribution in [2.45, 2.75) is 39.5 Å². The Morgan fingerprint density at radius 1 is 1.05 bits per heavy atom. The molecule has 116 valence electrons. The van der Waals surface area contributed by atoms with E-state index in [-0.39, 0.29) is 0 Å². The van der Waals surface area contributed by atoms with Gasteiger partial charge in [-0.25, -0.2) is 4.98 Å². The van der Waals surface area contributed by atoms with Crippen LogP contribution in [0, 0.1) is 0 Å². The van der Waals surface area contributed by atoms with Gasteiger partial charge in [0.05, 0.1) is 11.0 Å². The lowest BCUT2D eigenvalue weighted by Gasteiger charge is -2.21. The van der Waals surface area contributed by atoms with Crippen LogP contribution in [0.25, 0.3) is 11.0 Å². The molecule has 0 aliphatic heterocycles. The molecule has 2 aromatic rings. The van der Waals surface area contributed by atoms with Crippen molar-refractivity contribution < 1.29 is 0 Å². The summed E-state index contributed by atoms with van der Waals surface area (Å²) in [6, 6.07) is 8.14. The van der Waals surface area contributed by atoms with Crippen molar-refractivity contribution in [3.63, 3.8) is 0 Å². The maximum absolute atomic E-state index is 4.55. The third kappa shape index (κ3) is 5.05. The number of rotatable bonds is 10. The van der Waals surface area contributed by atoms with E-state index >= 15 is 0 Å². The van der Waals surface area contributed by atoms with Crippen LogP contribution >= 0.6 is 0 Å². The summed E-state index contributed by atoms with van der Waals surface area (Å²) in [6.07, 6.45) is 5.10. The van der Waals surface area contributed by atoms with Gasteiger partial charge in [0.25, 0.3) is 0 Å². The van der Waals surface area contributed by atoms with E-state index in [2.05, 4.69) is 40.1 Å². The Morgan fingerprint density at radius 3 is 2.43 bits per heavy atom. The number of unbranched alkanes of at least 4 members (excludes halogenated alkanes) is 2. The van der Waals surface area contributed by atoms with Gasteiger partial charge in [-0.15, -0.1) is 0 Å². The van der Waals surface area contributed by atoms with Gasteiger partial charge in [0.2, 0.25) is 5.95 Å². The number of benzene rings is 1. The second-order valence-electron chi connectivity index (χ2n) is 5.58. The van der Waals surface area contributed by atoms with Crippen LogP contribution in [0.3, 0.4) is 0 Å². The lowest BCUT2D eigenvalue weighted by molar-refractivity contribution is 0.275. The largest absolute Gasteiger partial charge is 0.355 e. The predicted molar refractivity (Wildman–Crippen MR) is 90.8 cm³/mol. The van der Waals surface area contributed by atoms with Gasteiger partial charge in [0.15, 0.2) is 0 Å². The summed E-state index contributed by atoms with van der Waals surface area (Å²) < 4.78 is 0. The topological polar surface area (TPSA) is 44.0 Å². The Kier molecular flexibility index (Phi) is 6.54. The number of H-pyrrole nitrogens is 1. The fourth-order valence-electron chi connectivity index (χ4n) is 2.47. The molecule has 4 heteroatoms. The number of nitrogens with one attached hydrogen (secondary N) is 2. The van der Waals surface area contributed by atoms with Gasteiger partial charge < -0.3 is 15.2 Å². The maximum Gasteiger partial charge on any atom is 0.201 e. The van der Waals surface area contributed by atoms with Gasteiger partial charge in [-0.3, -0.25) is 0 Å². The molecule has 1 aromatic carbocycles. The molecule has 2 N–H and O–H groups in total. The number of fused-ring (bicyclic) bond motifs is 1. The molecule has 1 heterocycles. The fourth-order valence-corrected chi connectivity index (χ4v) is 2.47. The summed E-state index contributed by atoms with van der Waals surface area (Å²) in [7, 11) is 0. The van der Waals surface area contributed by atoms with E-state index in [9.17, 15) is 0 Å². The molecule has 0 aliphatic rings. The minimum atomic E-state index is 0.877. The van der Waals surface area contributed by atoms with Crippen molar-refractivity contribution in [1.29, 1.82) is 0 Å². The van der Waals surface area contributed by atoms with Crippen molar-refractivity contribution in [3.8, 4) is 0 Å². The van der Waals surface area contributed by atoms with E-state index in [1.165, 1.54) is 38.8 Å². The van der Waals surface area contributed by atoms with Gasteiger partial charge >= 0.3 is 0 Å². The number of imidazole rings is 1. The number of anilines is 1.